The second kappa shape index (κ2) is 5.63. The van der Waals surface area contributed by atoms with Crippen molar-refractivity contribution in [1.29, 1.82) is 0 Å². The molecule has 110 valence electrons. The largest absolute Gasteiger partial charge is 0.460 e. The van der Waals surface area contributed by atoms with Crippen LogP contribution in [0.4, 0.5) is 0 Å². The zero-order valence-electron chi connectivity index (χ0n) is 12.9. The fraction of sp³-hybridized carbons (Fsp3) is 0.800. The van der Waals surface area contributed by atoms with E-state index in [1.807, 2.05) is 41.5 Å². The average Bonchev–Trinajstić information content (AvgIpc) is 2.57. The predicted molar refractivity (Wildman–Crippen MR) is 73.6 cm³/mol. The lowest BCUT2D eigenvalue weighted by Gasteiger charge is -2.28. The van der Waals surface area contributed by atoms with Crippen molar-refractivity contribution in [3.63, 3.8) is 0 Å². The highest BCUT2D eigenvalue weighted by atomic mass is 16.7. The Balaban J connectivity index is 2.70. The predicted octanol–water partition coefficient (Wildman–Crippen LogP) is 2.92. The molecular weight excluding hydrogens is 244 g/mol. The summed E-state index contributed by atoms with van der Waals surface area (Å²) in [5, 5.41) is 0. The Morgan fingerprint density at radius 3 is 2.42 bits per heavy atom. The van der Waals surface area contributed by atoms with Crippen LogP contribution in [0.1, 0.15) is 41.5 Å². The monoisotopic (exact) mass is 270 g/mol. The Labute approximate surface area is 116 Å². The van der Waals surface area contributed by atoms with Gasteiger partial charge in [-0.1, -0.05) is 13.0 Å². The molecule has 4 nitrogen and oxygen atoms in total. The quantitative estimate of drug-likeness (QED) is 0.582. The number of esters is 1. The van der Waals surface area contributed by atoms with Crippen LogP contribution < -0.4 is 0 Å². The van der Waals surface area contributed by atoms with Gasteiger partial charge in [0.2, 0.25) is 0 Å². The summed E-state index contributed by atoms with van der Waals surface area (Å²) < 4.78 is 16.8. The SMILES string of the molecule is C=C[C@H]([C@@H]1COC(C)(C)O1)[C@H](C)C(=O)OC(C)(C)C. The standard InChI is InChI=1S/C15H26O4/c1-8-11(12-9-17-15(6,7)18-12)10(2)13(16)19-14(3,4)5/h8,10-12H,1,9H2,2-7H3/t10-,11-,12-/m0/s1. The molecule has 0 N–H and O–H groups in total. The van der Waals surface area contributed by atoms with E-state index in [1.54, 1.807) is 6.08 Å². The van der Waals surface area contributed by atoms with E-state index in [-0.39, 0.29) is 23.9 Å². The average molecular weight is 270 g/mol. The lowest BCUT2D eigenvalue weighted by atomic mass is 9.89. The molecule has 1 aliphatic rings. The first kappa shape index (κ1) is 16.2. The Morgan fingerprint density at radius 1 is 1.47 bits per heavy atom. The number of carbonyl (C=O) groups is 1. The van der Waals surface area contributed by atoms with E-state index in [1.165, 1.54) is 0 Å². The van der Waals surface area contributed by atoms with Crippen molar-refractivity contribution in [2.24, 2.45) is 11.8 Å². The third kappa shape index (κ3) is 4.62. The summed E-state index contributed by atoms with van der Waals surface area (Å²) in [4.78, 5) is 12.1. The topological polar surface area (TPSA) is 44.8 Å². The highest BCUT2D eigenvalue weighted by Gasteiger charge is 2.40. The van der Waals surface area contributed by atoms with E-state index in [0.29, 0.717) is 6.61 Å². The molecule has 1 heterocycles. The molecule has 0 saturated carbocycles. The minimum absolute atomic E-state index is 0.114. The third-order valence-electron chi connectivity index (χ3n) is 3.09. The van der Waals surface area contributed by atoms with Crippen LogP contribution in [0, 0.1) is 11.8 Å². The van der Waals surface area contributed by atoms with Gasteiger partial charge in [-0.05, 0) is 34.6 Å². The van der Waals surface area contributed by atoms with Gasteiger partial charge in [-0.15, -0.1) is 6.58 Å². The van der Waals surface area contributed by atoms with Crippen molar-refractivity contribution in [1.82, 2.24) is 0 Å². The van der Waals surface area contributed by atoms with E-state index in [9.17, 15) is 4.79 Å². The fourth-order valence-electron chi connectivity index (χ4n) is 2.13. The number of ether oxygens (including phenoxy) is 3. The van der Waals surface area contributed by atoms with Crippen LogP contribution >= 0.6 is 0 Å². The zero-order chi connectivity index (χ0) is 14.8. The van der Waals surface area contributed by atoms with E-state index < -0.39 is 11.4 Å². The maximum Gasteiger partial charge on any atom is 0.309 e. The molecule has 1 rings (SSSR count). The van der Waals surface area contributed by atoms with Gasteiger partial charge in [0.05, 0.1) is 18.6 Å². The van der Waals surface area contributed by atoms with Crippen molar-refractivity contribution in [3.8, 4) is 0 Å². The summed E-state index contributed by atoms with van der Waals surface area (Å²) in [5.41, 5.74) is -0.483. The molecule has 0 aromatic carbocycles. The van der Waals surface area contributed by atoms with Gasteiger partial charge < -0.3 is 14.2 Å². The Hall–Kier alpha value is -0.870. The van der Waals surface area contributed by atoms with Crippen LogP contribution in [0.3, 0.4) is 0 Å². The summed E-state index contributed by atoms with van der Waals surface area (Å²) in [7, 11) is 0. The van der Waals surface area contributed by atoms with Gasteiger partial charge in [0.1, 0.15) is 5.60 Å². The first-order valence-corrected chi connectivity index (χ1v) is 6.73. The summed E-state index contributed by atoms with van der Waals surface area (Å²) in [6, 6.07) is 0. The van der Waals surface area contributed by atoms with Gasteiger partial charge in [-0.3, -0.25) is 4.79 Å². The van der Waals surface area contributed by atoms with E-state index in [4.69, 9.17) is 14.2 Å². The number of hydrogen-bond donors (Lipinski definition) is 0. The second-order valence-corrected chi connectivity index (χ2v) is 6.50. The molecule has 0 aromatic rings. The maximum absolute atomic E-state index is 12.1. The van der Waals surface area contributed by atoms with Crippen LogP contribution in [0.15, 0.2) is 12.7 Å². The molecule has 3 atom stereocenters. The first-order valence-electron chi connectivity index (χ1n) is 6.73. The third-order valence-corrected chi connectivity index (χ3v) is 3.09. The lowest BCUT2D eigenvalue weighted by molar-refractivity contribution is -0.166. The Morgan fingerprint density at radius 2 is 2.05 bits per heavy atom. The van der Waals surface area contributed by atoms with Gasteiger partial charge in [0.15, 0.2) is 5.79 Å². The van der Waals surface area contributed by atoms with Crippen LogP contribution in [0.2, 0.25) is 0 Å². The molecular formula is C15H26O4. The molecule has 0 unspecified atom stereocenters. The van der Waals surface area contributed by atoms with Gasteiger partial charge in [0, 0.05) is 5.92 Å². The molecule has 0 aromatic heterocycles. The van der Waals surface area contributed by atoms with Crippen LogP contribution in [-0.4, -0.2) is 30.1 Å². The Bertz CT molecular complexity index is 341. The van der Waals surface area contributed by atoms with E-state index in [2.05, 4.69) is 6.58 Å². The summed E-state index contributed by atoms with van der Waals surface area (Å²) in [6.07, 6.45) is 1.60. The van der Waals surface area contributed by atoms with Crippen LogP contribution in [0.25, 0.3) is 0 Å². The van der Waals surface area contributed by atoms with Crippen LogP contribution in [0.5, 0.6) is 0 Å². The van der Waals surface area contributed by atoms with Gasteiger partial charge in [-0.25, -0.2) is 0 Å². The number of hydrogen-bond acceptors (Lipinski definition) is 4. The molecule has 4 heteroatoms. The first-order chi connectivity index (χ1) is 8.56. The summed E-state index contributed by atoms with van der Waals surface area (Å²) >= 11 is 0. The van der Waals surface area contributed by atoms with Crippen LogP contribution in [-0.2, 0) is 19.0 Å². The molecule has 0 amide bonds. The van der Waals surface area contributed by atoms with Gasteiger partial charge in [0.25, 0.3) is 0 Å². The van der Waals surface area contributed by atoms with Gasteiger partial charge in [-0.2, -0.15) is 0 Å². The van der Waals surface area contributed by atoms with E-state index in [0.717, 1.165) is 0 Å². The minimum atomic E-state index is -0.598. The normalized spacial score (nSPS) is 25.7. The molecule has 19 heavy (non-hydrogen) atoms. The molecule has 0 radical (unpaired) electrons. The zero-order valence-corrected chi connectivity index (χ0v) is 12.9. The van der Waals surface area contributed by atoms with Crippen molar-refractivity contribution in [3.05, 3.63) is 12.7 Å². The molecule has 0 bridgehead atoms. The van der Waals surface area contributed by atoms with Crippen molar-refractivity contribution in [2.45, 2.75) is 59.0 Å². The fourth-order valence-corrected chi connectivity index (χ4v) is 2.13. The molecule has 1 aliphatic heterocycles. The number of rotatable bonds is 4. The van der Waals surface area contributed by atoms with E-state index >= 15 is 0 Å². The molecule has 0 spiro atoms. The maximum atomic E-state index is 12.1. The highest BCUT2D eigenvalue weighted by molar-refractivity contribution is 5.73. The smallest absolute Gasteiger partial charge is 0.309 e. The lowest BCUT2D eigenvalue weighted by Crippen LogP contribution is -2.36. The summed E-state index contributed by atoms with van der Waals surface area (Å²) in [5.74, 6) is -1.25. The molecule has 1 saturated heterocycles. The number of carbonyl (C=O) groups excluding carboxylic acids is 1. The Kier molecular flexibility index (Phi) is 4.80. The van der Waals surface area contributed by atoms with Gasteiger partial charge >= 0.3 is 5.97 Å². The van der Waals surface area contributed by atoms with Crippen molar-refractivity contribution in [2.75, 3.05) is 6.61 Å². The minimum Gasteiger partial charge on any atom is -0.460 e. The molecule has 1 fully saturated rings. The second-order valence-electron chi connectivity index (χ2n) is 6.50. The summed E-state index contributed by atoms with van der Waals surface area (Å²) in [6.45, 7) is 15.4. The van der Waals surface area contributed by atoms with Crippen molar-refractivity contribution < 1.29 is 19.0 Å². The van der Waals surface area contributed by atoms with Crippen molar-refractivity contribution >= 4 is 5.97 Å². The highest BCUT2D eigenvalue weighted by Crippen LogP contribution is 2.31. The molecule has 0 aliphatic carbocycles.